The predicted molar refractivity (Wildman–Crippen MR) is 85.4 cm³/mol. The van der Waals surface area contributed by atoms with Crippen LogP contribution in [0.15, 0.2) is 42.5 Å². The van der Waals surface area contributed by atoms with E-state index in [1.807, 2.05) is 24.3 Å². The van der Waals surface area contributed by atoms with Gasteiger partial charge in [-0.1, -0.05) is 36.4 Å². The third-order valence-corrected chi connectivity index (χ3v) is 4.17. The van der Waals surface area contributed by atoms with E-state index in [1.54, 1.807) is 19.1 Å². The van der Waals surface area contributed by atoms with E-state index in [1.165, 1.54) is 6.07 Å². The molecule has 2 aromatic carbocycles. The number of halogens is 1. The van der Waals surface area contributed by atoms with E-state index in [2.05, 4.69) is 10.6 Å². The first-order valence-corrected chi connectivity index (χ1v) is 7.60. The van der Waals surface area contributed by atoms with Gasteiger partial charge in [-0.25, -0.2) is 9.18 Å². The molecule has 0 spiro atoms. The lowest BCUT2D eigenvalue weighted by molar-refractivity contribution is 0.142. The molecule has 0 fully saturated rings. The Morgan fingerprint density at radius 3 is 2.87 bits per heavy atom. The summed E-state index contributed by atoms with van der Waals surface area (Å²) in [5.74, 6) is -0.260. The number of amides is 2. The van der Waals surface area contributed by atoms with Gasteiger partial charge in [-0.05, 0) is 35.2 Å². The Morgan fingerprint density at radius 2 is 2.09 bits per heavy atom. The second-order valence-corrected chi connectivity index (χ2v) is 5.86. The summed E-state index contributed by atoms with van der Waals surface area (Å²) in [6, 6.07) is 11.7. The van der Waals surface area contributed by atoms with E-state index in [0.29, 0.717) is 18.5 Å². The SMILES string of the molecule is Cc1cc(CNC(=O)NC2c3ccccc3CC2O)ccc1F. The van der Waals surface area contributed by atoms with Crippen molar-refractivity contribution in [2.75, 3.05) is 0 Å². The molecule has 0 saturated heterocycles. The third kappa shape index (κ3) is 3.35. The van der Waals surface area contributed by atoms with Crippen LogP contribution in [0, 0.1) is 12.7 Å². The fourth-order valence-corrected chi connectivity index (χ4v) is 2.94. The van der Waals surface area contributed by atoms with Crippen LogP contribution >= 0.6 is 0 Å². The summed E-state index contributed by atoms with van der Waals surface area (Å²) in [5, 5.41) is 15.7. The van der Waals surface area contributed by atoms with Crippen molar-refractivity contribution in [3.63, 3.8) is 0 Å². The average Bonchev–Trinajstić information content (AvgIpc) is 2.84. The van der Waals surface area contributed by atoms with Gasteiger partial charge in [0, 0.05) is 13.0 Å². The van der Waals surface area contributed by atoms with Crippen LogP contribution < -0.4 is 10.6 Å². The molecule has 120 valence electrons. The molecule has 4 nitrogen and oxygen atoms in total. The van der Waals surface area contributed by atoms with Crippen LogP contribution in [-0.4, -0.2) is 17.2 Å². The molecule has 3 N–H and O–H groups in total. The number of benzene rings is 2. The number of carbonyl (C=O) groups excluding carboxylic acids is 1. The minimum atomic E-state index is -0.619. The predicted octanol–water partition coefficient (Wildman–Crippen LogP) is 2.59. The van der Waals surface area contributed by atoms with Gasteiger partial charge in [-0.2, -0.15) is 0 Å². The van der Waals surface area contributed by atoms with Crippen LogP contribution in [0.25, 0.3) is 0 Å². The van der Waals surface area contributed by atoms with E-state index in [9.17, 15) is 14.3 Å². The van der Waals surface area contributed by atoms with E-state index < -0.39 is 12.1 Å². The smallest absolute Gasteiger partial charge is 0.315 e. The molecule has 2 aromatic rings. The van der Waals surface area contributed by atoms with Gasteiger partial charge in [-0.15, -0.1) is 0 Å². The molecule has 0 bridgehead atoms. The van der Waals surface area contributed by atoms with Crippen molar-refractivity contribution in [1.82, 2.24) is 10.6 Å². The van der Waals surface area contributed by atoms with Crippen LogP contribution in [0.2, 0.25) is 0 Å². The largest absolute Gasteiger partial charge is 0.390 e. The molecule has 2 unspecified atom stereocenters. The number of aliphatic hydroxyl groups excluding tert-OH is 1. The fourth-order valence-electron chi connectivity index (χ4n) is 2.94. The van der Waals surface area contributed by atoms with E-state index >= 15 is 0 Å². The normalized spacial score (nSPS) is 19.3. The van der Waals surface area contributed by atoms with Gasteiger partial charge in [0.15, 0.2) is 0 Å². The molecule has 1 aliphatic rings. The highest BCUT2D eigenvalue weighted by Crippen LogP contribution is 2.31. The molecule has 0 saturated carbocycles. The van der Waals surface area contributed by atoms with Crippen molar-refractivity contribution in [3.05, 3.63) is 70.5 Å². The maximum Gasteiger partial charge on any atom is 0.315 e. The first kappa shape index (κ1) is 15.5. The van der Waals surface area contributed by atoms with Crippen molar-refractivity contribution in [3.8, 4) is 0 Å². The van der Waals surface area contributed by atoms with Gasteiger partial charge in [0.2, 0.25) is 0 Å². The molecular weight excluding hydrogens is 295 g/mol. The number of fused-ring (bicyclic) bond motifs is 1. The molecule has 0 aliphatic heterocycles. The van der Waals surface area contributed by atoms with Gasteiger partial charge in [0.1, 0.15) is 5.82 Å². The number of aryl methyl sites for hydroxylation is 1. The lowest BCUT2D eigenvalue weighted by atomic mass is 10.1. The zero-order valence-corrected chi connectivity index (χ0v) is 12.8. The summed E-state index contributed by atoms with van der Waals surface area (Å²) in [5.41, 5.74) is 3.38. The van der Waals surface area contributed by atoms with Crippen molar-refractivity contribution in [2.24, 2.45) is 0 Å². The Balaban J connectivity index is 1.60. The maximum atomic E-state index is 13.2. The van der Waals surface area contributed by atoms with Gasteiger partial charge in [0.05, 0.1) is 12.1 Å². The summed E-state index contributed by atoms with van der Waals surface area (Å²) in [6.45, 7) is 1.99. The molecular formula is C18H19FN2O2. The Morgan fingerprint density at radius 1 is 1.30 bits per heavy atom. The lowest BCUT2D eigenvalue weighted by Crippen LogP contribution is -2.40. The molecule has 5 heteroatoms. The lowest BCUT2D eigenvalue weighted by Gasteiger charge is -2.18. The second-order valence-electron chi connectivity index (χ2n) is 5.86. The Bertz CT molecular complexity index is 733. The summed E-state index contributed by atoms with van der Waals surface area (Å²) >= 11 is 0. The van der Waals surface area contributed by atoms with Gasteiger partial charge in [-0.3, -0.25) is 0 Å². The monoisotopic (exact) mass is 314 g/mol. The highest BCUT2D eigenvalue weighted by atomic mass is 19.1. The number of hydrogen-bond acceptors (Lipinski definition) is 2. The zero-order chi connectivity index (χ0) is 16.4. The molecule has 0 radical (unpaired) electrons. The maximum absolute atomic E-state index is 13.2. The van der Waals surface area contributed by atoms with Gasteiger partial charge in [0.25, 0.3) is 0 Å². The topological polar surface area (TPSA) is 61.4 Å². The zero-order valence-electron chi connectivity index (χ0n) is 12.8. The van der Waals surface area contributed by atoms with Crippen molar-refractivity contribution in [2.45, 2.75) is 32.0 Å². The number of hydrogen-bond donors (Lipinski definition) is 3. The Kier molecular flexibility index (Phi) is 4.30. The third-order valence-electron chi connectivity index (χ3n) is 4.17. The first-order chi connectivity index (χ1) is 11.0. The van der Waals surface area contributed by atoms with Crippen LogP contribution in [0.3, 0.4) is 0 Å². The van der Waals surface area contributed by atoms with Crippen molar-refractivity contribution >= 4 is 6.03 Å². The molecule has 0 heterocycles. The highest BCUT2D eigenvalue weighted by molar-refractivity contribution is 5.74. The number of urea groups is 1. The fraction of sp³-hybridized carbons (Fsp3) is 0.278. The minimum absolute atomic E-state index is 0.260. The van der Waals surface area contributed by atoms with Crippen molar-refractivity contribution < 1.29 is 14.3 Å². The summed E-state index contributed by atoms with van der Waals surface area (Å²) in [4.78, 5) is 12.1. The molecule has 0 aromatic heterocycles. The van der Waals surface area contributed by atoms with Crippen LogP contribution in [-0.2, 0) is 13.0 Å². The van der Waals surface area contributed by atoms with Gasteiger partial charge >= 0.3 is 6.03 Å². The quantitative estimate of drug-likeness (QED) is 0.815. The second kappa shape index (κ2) is 6.38. The molecule has 2 amide bonds. The summed E-state index contributed by atoms with van der Waals surface area (Å²) in [7, 11) is 0. The number of aliphatic hydroxyl groups is 1. The van der Waals surface area contributed by atoms with Crippen LogP contribution in [0.1, 0.15) is 28.3 Å². The minimum Gasteiger partial charge on any atom is -0.390 e. The molecule has 1 aliphatic carbocycles. The molecule has 3 rings (SSSR count). The number of nitrogens with one attached hydrogen (secondary N) is 2. The van der Waals surface area contributed by atoms with E-state index in [0.717, 1.165) is 16.7 Å². The Hall–Kier alpha value is -2.40. The molecule has 2 atom stereocenters. The number of rotatable bonds is 3. The summed E-state index contributed by atoms with van der Waals surface area (Å²) < 4.78 is 13.2. The van der Waals surface area contributed by atoms with E-state index in [-0.39, 0.29) is 11.8 Å². The molecule has 23 heavy (non-hydrogen) atoms. The number of carbonyl (C=O) groups is 1. The standard InChI is InChI=1S/C18H19FN2O2/c1-11-8-12(6-7-15(11)19)10-20-18(23)21-17-14-5-3-2-4-13(14)9-16(17)22/h2-8,16-17,22H,9-10H2,1H3,(H2,20,21,23). The summed E-state index contributed by atoms with van der Waals surface area (Å²) in [6.07, 6.45) is -0.0793. The average molecular weight is 314 g/mol. The highest BCUT2D eigenvalue weighted by Gasteiger charge is 2.31. The van der Waals surface area contributed by atoms with Gasteiger partial charge < -0.3 is 15.7 Å². The Labute approximate surface area is 134 Å². The van der Waals surface area contributed by atoms with Crippen LogP contribution in [0.4, 0.5) is 9.18 Å². The van der Waals surface area contributed by atoms with E-state index in [4.69, 9.17) is 0 Å². The van der Waals surface area contributed by atoms with Crippen LogP contribution in [0.5, 0.6) is 0 Å². The first-order valence-electron chi connectivity index (χ1n) is 7.60. The van der Waals surface area contributed by atoms with Crippen molar-refractivity contribution in [1.29, 1.82) is 0 Å².